The molecule has 0 spiro atoms. The highest BCUT2D eigenvalue weighted by Crippen LogP contribution is 2.27. The Morgan fingerprint density at radius 1 is 0.930 bits per heavy atom. The zero-order valence-corrected chi connectivity index (χ0v) is 32.2. The molecule has 2 amide bonds. The van der Waals surface area contributed by atoms with E-state index in [0.717, 1.165) is 49.8 Å². The highest BCUT2D eigenvalue weighted by molar-refractivity contribution is 5.90. The number of fused-ring (bicyclic) bond motifs is 1. The largest absolute Gasteiger partial charge is 0.508 e. The van der Waals surface area contributed by atoms with Gasteiger partial charge in [-0.3, -0.25) is 15.0 Å². The highest BCUT2D eigenvalue weighted by atomic mass is 16.5. The zero-order valence-electron chi connectivity index (χ0n) is 32.2. The first-order valence-electron chi connectivity index (χ1n) is 19.3. The Bertz CT molecular complexity index is 2320. The molecule has 0 bridgehead atoms. The van der Waals surface area contributed by atoms with Crippen LogP contribution in [0.4, 0.5) is 0 Å². The van der Waals surface area contributed by atoms with Gasteiger partial charge in [-0.2, -0.15) is 4.98 Å². The third-order valence-electron chi connectivity index (χ3n) is 11.0. The standard InChI is InChI=1S/C44H49N9O4/c1-26-20-33(54)21-27(2)35(26)24-37(49-42(56)40(45)31-16-18-53(19-17-31)44(46)47)41(55)50-38(23-32-25-48-36-11-7-6-10-34(32)36)43-51-39(52-57-43)22-28-12-14-30(15-13-28)29-8-4-3-5-9-29/h3-15,20-21,25,31,37-38,40,48,54H,16-19,22-24,45H2,1-2H3,(H3,46,47)(H,49,56)(H,50,55)/t37-,38?,40+/m0/s1. The van der Waals surface area contributed by atoms with Gasteiger partial charge in [0.25, 0.3) is 0 Å². The number of piperidine rings is 1. The van der Waals surface area contributed by atoms with Gasteiger partial charge in [-0.1, -0.05) is 78.0 Å². The second-order valence-electron chi connectivity index (χ2n) is 15.0. The number of hydrogen-bond donors (Lipinski definition) is 7. The van der Waals surface area contributed by atoms with Gasteiger partial charge in [0.05, 0.1) is 6.04 Å². The molecular weight excluding hydrogens is 719 g/mol. The number of nitrogens with one attached hydrogen (secondary N) is 4. The molecule has 7 rings (SSSR count). The molecule has 294 valence electrons. The van der Waals surface area contributed by atoms with Crippen molar-refractivity contribution >= 4 is 28.7 Å². The maximum atomic E-state index is 14.6. The van der Waals surface area contributed by atoms with Crippen LogP contribution in [-0.2, 0) is 28.9 Å². The predicted molar refractivity (Wildman–Crippen MR) is 219 cm³/mol. The maximum Gasteiger partial charge on any atom is 0.249 e. The van der Waals surface area contributed by atoms with Crippen LogP contribution in [0.25, 0.3) is 22.0 Å². The first kappa shape index (κ1) is 38.8. The molecule has 1 aliphatic heterocycles. The molecule has 13 heteroatoms. The van der Waals surface area contributed by atoms with E-state index in [1.54, 1.807) is 17.0 Å². The van der Waals surface area contributed by atoms with E-state index in [1.807, 2.05) is 74.6 Å². The van der Waals surface area contributed by atoms with Gasteiger partial charge in [-0.15, -0.1) is 0 Å². The van der Waals surface area contributed by atoms with Crippen LogP contribution in [0.3, 0.4) is 0 Å². The highest BCUT2D eigenvalue weighted by Gasteiger charge is 2.34. The fraction of sp³-hybridized carbons (Fsp3) is 0.295. The number of likely N-dealkylation sites (tertiary alicyclic amines) is 1. The number of rotatable bonds is 13. The molecule has 0 radical (unpaired) electrons. The quantitative estimate of drug-likeness (QED) is 0.0608. The Hall–Kier alpha value is -6.47. The smallest absolute Gasteiger partial charge is 0.249 e. The summed E-state index contributed by atoms with van der Waals surface area (Å²) in [7, 11) is 0. The average Bonchev–Trinajstić information content (AvgIpc) is 3.86. The number of guanidine groups is 1. The van der Waals surface area contributed by atoms with E-state index < -0.39 is 29.9 Å². The van der Waals surface area contributed by atoms with E-state index in [4.69, 9.17) is 26.4 Å². The van der Waals surface area contributed by atoms with Crippen molar-refractivity contribution in [3.05, 3.63) is 137 Å². The number of aryl methyl sites for hydroxylation is 2. The summed E-state index contributed by atoms with van der Waals surface area (Å²) >= 11 is 0. The number of phenols is 1. The van der Waals surface area contributed by atoms with Gasteiger partial charge in [-0.05, 0) is 89.8 Å². The van der Waals surface area contributed by atoms with E-state index in [-0.39, 0.29) is 29.9 Å². The second-order valence-corrected chi connectivity index (χ2v) is 15.0. The van der Waals surface area contributed by atoms with E-state index in [2.05, 4.69) is 45.0 Å². The molecule has 1 unspecified atom stereocenters. The summed E-state index contributed by atoms with van der Waals surface area (Å²) < 4.78 is 5.88. The topological polar surface area (TPSA) is 212 Å². The SMILES string of the molecule is Cc1cc(O)cc(C)c1C[C@H](NC(=O)[C@H](N)C1CCN(C(=N)N)CC1)C(=O)NC(Cc1c[nH]c2ccccc12)c1nc(Cc2ccc(-c3ccccc3)cc2)no1. The molecule has 57 heavy (non-hydrogen) atoms. The van der Waals surface area contributed by atoms with Crippen molar-refractivity contribution in [3.8, 4) is 16.9 Å². The van der Waals surface area contributed by atoms with Crippen molar-refractivity contribution in [2.75, 3.05) is 13.1 Å². The normalized spacial score (nSPS) is 14.9. The Kier molecular flexibility index (Phi) is 11.7. The number of para-hydroxylation sites is 1. The number of carbonyl (C=O) groups is 2. The summed E-state index contributed by atoms with van der Waals surface area (Å²) in [5.74, 6) is -0.223. The van der Waals surface area contributed by atoms with E-state index in [1.165, 1.54) is 0 Å². The van der Waals surface area contributed by atoms with Crippen LogP contribution in [0.5, 0.6) is 5.75 Å². The number of aromatic nitrogens is 3. The van der Waals surface area contributed by atoms with E-state index in [9.17, 15) is 14.7 Å². The molecule has 0 saturated carbocycles. The third-order valence-corrected chi connectivity index (χ3v) is 11.0. The second kappa shape index (κ2) is 17.1. The van der Waals surface area contributed by atoms with Crippen molar-refractivity contribution in [3.63, 3.8) is 0 Å². The number of benzene rings is 4. The fourth-order valence-corrected chi connectivity index (χ4v) is 7.79. The number of aromatic hydroxyl groups is 1. The lowest BCUT2D eigenvalue weighted by molar-refractivity contribution is -0.131. The molecule has 4 aromatic carbocycles. The molecule has 1 fully saturated rings. The molecule has 9 N–H and O–H groups in total. The zero-order chi connectivity index (χ0) is 40.1. The minimum Gasteiger partial charge on any atom is -0.508 e. The number of phenolic OH excluding ortho intramolecular Hbond substituents is 1. The Balaban J connectivity index is 1.15. The molecule has 6 aromatic rings. The lowest BCUT2D eigenvalue weighted by Gasteiger charge is -2.34. The Labute approximate surface area is 331 Å². The molecule has 13 nitrogen and oxygen atoms in total. The average molecular weight is 768 g/mol. The number of aromatic amines is 1. The van der Waals surface area contributed by atoms with Gasteiger partial charge in [0.1, 0.15) is 17.8 Å². The summed E-state index contributed by atoms with van der Waals surface area (Å²) in [6, 6.07) is 26.9. The van der Waals surface area contributed by atoms with Gasteiger partial charge in [0.15, 0.2) is 11.8 Å². The van der Waals surface area contributed by atoms with Crippen molar-refractivity contribution in [2.24, 2.45) is 17.4 Å². The molecular formula is C44H49N9O4. The van der Waals surface area contributed by atoms with E-state index >= 15 is 0 Å². The maximum absolute atomic E-state index is 14.6. The van der Waals surface area contributed by atoms with Crippen molar-refractivity contribution in [1.29, 1.82) is 5.41 Å². The third kappa shape index (κ3) is 9.16. The van der Waals surface area contributed by atoms with Crippen LogP contribution in [0.1, 0.15) is 58.4 Å². The van der Waals surface area contributed by atoms with Gasteiger partial charge >= 0.3 is 0 Å². The van der Waals surface area contributed by atoms with Crippen molar-refractivity contribution in [1.82, 2.24) is 30.7 Å². The first-order valence-corrected chi connectivity index (χ1v) is 19.3. The summed E-state index contributed by atoms with van der Waals surface area (Å²) in [4.78, 5) is 38.2. The van der Waals surface area contributed by atoms with Crippen molar-refractivity contribution in [2.45, 2.75) is 64.1 Å². The van der Waals surface area contributed by atoms with Gasteiger partial charge < -0.3 is 41.6 Å². The first-order chi connectivity index (χ1) is 27.5. The number of carbonyl (C=O) groups excluding carboxylic acids is 2. The summed E-state index contributed by atoms with van der Waals surface area (Å²) in [6.07, 6.45) is 3.99. The van der Waals surface area contributed by atoms with Crippen LogP contribution in [-0.4, -0.2) is 68.1 Å². The number of nitrogens with zero attached hydrogens (tertiary/aromatic N) is 3. The molecule has 1 aliphatic rings. The van der Waals surface area contributed by atoms with Gasteiger partial charge in [0, 0.05) is 49.5 Å². The van der Waals surface area contributed by atoms with Gasteiger partial charge in [0.2, 0.25) is 17.7 Å². The minimum atomic E-state index is -1.03. The molecule has 3 heterocycles. The van der Waals surface area contributed by atoms with Crippen LogP contribution < -0.4 is 22.1 Å². The van der Waals surface area contributed by atoms with Crippen LogP contribution in [0, 0.1) is 25.2 Å². The van der Waals surface area contributed by atoms with Gasteiger partial charge in [-0.25, -0.2) is 0 Å². The Morgan fingerprint density at radius 2 is 1.60 bits per heavy atom. The summed E-state index contributed by atoms with van der Waals surface area (Å²) in [5.41, 5.74) is 19.8. The number of nitrogens with two attached hydrogens (primary N) is 2. The summed E-state index contributed by atoms with van der Waals surface area (Å²) in [6.45, 7) is 4.78. The lowest BCUT2D eigenvalue weighted by Crippen LogP contribution is -2.56. The number of H-pyrrole nitrogens is 1. The van der Waals surface area contributed by atoms with Crippen LogP contribution in [0.2, 0.25) is 0 Å². The molecule has 2 aromatic heterocycles. The van der Waals surface area contributed by atoms with E-state index in [0.29, 0.717) is 44.6 Å². The molecule has 3 atom stereocenters. The van der Waals surface area contributed by atoms with Crippen molar-refractivity contribution < 1.29 is 19.2 Å². The summed E-state index contributed by atoms with van der Waals surface area (Å²) in [5, 5.41) is 29.5. The van der Waals surface area contributed by atoms with Crippen LogP contribution in [0.15, 0.2) is 102 Å². The van der Waals surface area contributed by atoms with Crippen LogP contribution >= 0.6 is 0 Å². The predicted octanol–water partition coefficient (Wildman–Crippen LogP) is 5.19. The molecule has 0 aliphatic carbocycles. The Morgan fingerprint density at radius 3 is 2.30 bits per heavy atom. The lowest BCUT2D eigenvalue weighted by atomic mass is 9.89. The fourth-order valence-electron chi connectivity index (χ4n) is 7.79. The number of hydrogen-bond acceptors (Lipinski definition) is 8. The number of amides is 2. The molecule has 1 saturated heterocycles. The minimum absolute atomic E-state index is 0.00380. The monoisotopic (exact) mass is 767 g/mol.